The first kappa shape index (κ1) is 21.9. The lowest BCUT2D eigenvalue weighted by Gasteiger charge is -2.09. The van der Waals surface area contributed by atoms with Crippen molar-refractivity contribution in [2.45, 2.75) is 40.5 Å². The van der Waals surface area contributed by atoms with Gasteiger partial charge in [0, 0.05) is 19.6 Å². The van der Waals surface area contributed by atoms with Crippen LogP contribution in [0.5, 0.6) is 5.75 Å². The Hall–Kier alpha value is -1.10. The Morgan fingerprint density at radius 1 is 0.739 bits per heavy atom. The number of aryl methyl sites for hydroxylation is 1. The molecule has 0 heterocycles. The number of benzene rings is 1. The maximum Gasteiger partial charge on any atom is 0.122 e. The van der Waals surface area contributed by atoms with E-state index in [4.69, 9.17) is 18.9 Å². The minimum atomic E-state index is 0.619. The molecule has 1 aromatic rings. The summed E-state index contributed by atoms with van der Waals surface area (Å²) in [5.41, 5.74) is 1.16. The van der Waals surface area contributed by atoms with Gasteiger partial charge in [-0.2, -0.15) is 0 Å². The first-order chi connectivity index (χ1) is 11.3. The van der Waals surface area contributed by atoms with E-state index in [0.717, 1.165) is 30.8 Å². The summed E-state index contributed by atoms with van der Waals surface area (Å²) in [5, 5.41) is 0. The molecule has 0 unspecified atom stereocenters. The summed E-state index contributed by atoms with van der Waals surface area (Å²) >= 11 is 0. The summed E-state index contributed by atoms with van der Waals surface area (Å²) in [6.45, 7) is 12.9. The average Bonchev–Trinajstić information content (AvgIpc) is 2.59. The van der Waals surface area contributed by atoms with Crippen molar-refractivity contribution in [3.8, 4) is 5.75 Å². The molecule has 1 rings (SSSR count). The van der Waals surface area contributed by atoms with Crippen LogP contribution in [-0.4, -0.2) is 46.2 Å². The fourth-order valence-corrected chi connectivity index (χ4v) is 1.75. The standard InChI is InChI=1S/C17H28O4.C2H6/c1-3-9-18-12-14-20-15-13-19-10-6-11-21-17-8-5-4-7-16(17)2;1-2/h4-5,7-8H,3,6,9-15H2,1-2H3;1-2H3. The second-order valence-electron chi connectivity index (χ2n) is 4.80. The predicted molar refractivity (Wildman–Crippen MR) is 95.4 cm³/mol. The third kappa shape index (κ3) is 13.1. The van der Waals surface area contributed by atoms with Crippen molar-refractivity contribution in [1.82, 2.24) is 0 Å². The van der Waals surface area contributed by atoms with Gasteiger partial charge in [-0.1, -0.05) is 39.0 Å². The van der Waals surface area contributed by atoms with Gasteiger partial charge in [0.25, 0.3) is 0 Å². The van der Waals surface area contributed by atoms with Crippen LogP contribution in [0, 0.1) is 6.92 Å². The lowest BCUT2D eigenvalue weighted by molar-refractivity contribution is 0.0129. The molecule has 0 fully saturated rings. The molecule has 0 atom stereocenters. The molecule has 0 aliphatic heterocycles. The van der Waals surface area contributed by atoms with Gasteiger partial charge in [-0.05, 0) is 25.0 Å². The fraction of sp³-hybridized carbons (Fsp3) is 0.684. The van der Waals surface area contributed by atoms with E-state index in [2.05, 4.69) is 6.92 Å². The third-order valence-electron chi connectivity index (χ3n) is 2.88. The van der Waals surface area contributed by atoms with Crippen LogP contribution in [-0.2, 0) is 14.2 Å². The highest BCUT2D eigenvalue weighted by atomic mass is 16.5. The SMILES string of the molecule is CC.CCCOCCOCCOCCCOc1ccccc1C. The van der Waals surface area contributed by atoms with Crippen molar-refractivity contribution in [3.05, 3.63) is 29.8 Å². The second kappa shape index (κ2) is 17.3. The molecule has 0 saturated carbocycles. The summed E-state index contributed by atoms with van der Waals surface area (Å²) in [6.07, 6.45) is 1.93. The van der Waals surface area contributed by atoms with Crippen LogP contribution in [0.15, 0.2) is 24.3 Å². The first-order valence-corrected chi connectivity index (χ1v) is 8.76. The highest BCUT2D eigenvalue weighted by molar-refractivity contribution is 5.31. The monoisotopic (exact) mass is 326 g/mol. The lowest BCUT2D eigenvalue weighted by Crippen LogP contribution is -2.11. The van der Waals surface area contributed by atoms with Gasteiger partial charge < -0.3 is 18.9 Å². The number of ether oxygens (including phenoxy) is 4. The Balaban J connectivity index is 0.00000232. The van der Waals surface area contributed by atoms with Crippen LogP contribution in [0.4, 0.5) is 0 Å². The Labute approximate surface area is 142 Å². The van der Waals surface area contributed by atoms with E-state index in [9.17, 15) is 0 Å². The zero-order valence-electron chi connectivity index (χ0n) is 15.3. The topological polar surface area (TPSA) is 36.9 Å². The van der Waals surface area contributed by atoms with E-state index in [-0.39, 0.29) is 0 Å². The normalized spacial score (nSPS) is 10.1. The molecule has 0 radical (unpaired) electrons. The summed E-state index contributed by atoms with van der Waals surface area (Å²) in [6, 6.07) is 8.04. The Bertz CT molecular complexity index is 355. The molecular weight excluding hydrogens is 292 g/mol. The smallest absolute Gasteiger partial charge is 0.122 e. The molecule has 4 heteroatoms. The first-order valence-electron chi connectivity index (χ1n) is 8.76. The van der Waals surface area contributed by atoms with E-state index in [1.54, 1.807) is 0 Å². The van der Waals surface area contributed by atoms with Crippen LogP contribution in [0.1, 0.15) is 39.2 Å². The molecule has 0 saturated heterocycles. The molecule has 134 valence electrons. The summed E-state index contributed by atoms with van der Waals surface area (Å²) in [7, 11) is 0. The van der Waals surface area contributed by atoms with E-state index in [1.165, 1.54) is 0 Å². The molecule has 0 aliphatic rings. The van der Waals surface area contributed by atoms with Crippen LogP contribution in [0.3, 0.4) is 0 Å². The van der Waals surface area contributed by atoms with E-state index < -0.39 is 0 Å². The molecule has 1 aromatic carbocycles. The van der Waals surface area contributed by atoms with Crippen LogP contribution >= 0.6 is 0 Å². The Morgan fingerprint density at radius 2 is 1.30 bits per heavy atom. The van der Waals surface area contributed by atoms with Crippen molar-refractivity contribution in [2.75, 3.05) is 46.2 Å². The molecule has 0 N–H and O–H groups in total. The van der Waals surface area contributed by atoms with Gasteiger partial charge in [0.2, 0.25) is 0 Å². The highest BCUT2D eigenvalue weighted by Crippen LogP contribution is 2.15. The Kier molecular flexibility index (Phi) is 16.4. The van der Waals surface area contributed by atoms with E-state index in [1.807, 2.05) is 45.0 Å². The van der Waals surface area contributed by atoms with Crippen LogP contribution in [0.25, 0.3) is 0 Å². The van der Waals surface area contributed by atoms with Gasteiger partial charge in [0.15, 0.2) is 0 Å². The van der Waals surface area contributed by atoms with Crippen molar-refractivity contribution in [3.63, 3.8) is 0 Å². The second-order valence-corrected chi connectivity index (χ2v) is 4.80. The maximum absolute atomic E-state index is 5.69. The van der Waals surface area contributed by atoms with Gasteiger partial charge in [0.05, 0.1) is 33.0 Å². The van der Waals surface area contributed by atoms with Crippen molar-refractivity contribution < 1.29 is 18.9 Å². The number of hydrogen-bond donors (Lipinski definition) is 0. The molecule has 0 spiro atoms. The van der Waals surface area contributed by atoms with Gasteiger partial charge >= 0.3 is 0 Å². The Morgan fingerprint density at radius 3 is 1.91 bits per heavy atom. The van der Waals surface area contributed by atoms with Crippen molar-refractivity contribution in [1.29, 1.82) is 0 Å². The van der Waals surface area contributed by atoms with E-state index >= 15 is 0 Å². The molecule has 0 aliphatic carbocycles. The average molecular weight is 326 g/mol. The lowest BCUT2D eigenvalue weighted by atomic mass is 10.2. The van der Waals surface area contributed by atoms with Gasteiger partial charge in [-0.25, -0.2) is 0 Å². The maximum atomic E-state index is 5.69. The number of rotatable bonds is 13. The minimum Gasteiger partial charge on any atom is -0.493 e. The molecular formula is C19H34O4. The third-order valence-corrected chi connectivity index (χ3v) is 2.88. The molecule has 0 bridgehead atoms. The van der Waals surface area contributed by atoms with Crippen LogP contribution in [0.2, 0.25) is 0 Å². The predicted octanol–water partition coefficient (Wildman–Crippen LogP) is 4.25. The van der Waals surface area contributed by atoms with Crippen molar-refractivity contribution in [2.24, 2.45) is 0 Å². The summed E-state index contributed by atoms with van der Waals surface area (Å²) in [5.74, 6) is 0.952. The van der Waals surface area contributed by atoms with Gasteiger partial charge in [-0.15, -0.1) is 0 Å². The number of hydrogen-bond acceptors (Lipinski definition) is 4. The quantitative estimate of drug-likeness (QED) is 0.508. The van der Waals surface area contributed by atoms with Gasteiger partial charge in [0.1, 0.15) is 5.75 Å². The van der Waals surface area contributed by atoms with E-state index in [0.29, 0.717) is 39.6 Å². The summed E-state index contributed by atoms with van der Waals surface area (Å²) < 4.78 is 21.9. The zero-order valence-corrected chi connectivity index (χ0v) is 15.3. The number of para-hydroxylation sites is 1. The molecule has 23 heavy (non-hydrogen) atoms. The molecule has 0 amide bonds. The zero-order chi connectivity index (χ0) is 17.2. The molecule has 4 nitrogen and oxygen atoms in total. The highest BCUT2D eigenvalue weighted by Gasteiger charge is 1.97. The van der Waals surface area contributed by atoms with Crippen molar-refractivity contribution >= 4 is 0 Å². The largest absolute Gasteiger partial charge is 0.493 e. The van der Waals surface area contributed by atoms with Gasteiger partial charge in [-0.3, -0.25) is 0 Å². The summed E-state index contributed by atoms with van der Waals surface area (Å²) in [4.78, 5) is 0. The fourth-order valence-electron chi connectivity index (χ4n) is 1.75. The minimum absolute atomic E-state index is 0.619. The molecule has 0 aromatic heterocycles. The van der Waals surface area contributed by atoms with Crippen LogP contribution < -0.4 is 4.74 Å².